The van der Waals surface area contributed by atoms with E-state index < -0.39 is 0 Å². The molecule has 88 valence electrons. The van der Waals surface area contributed by atoms with E-state index in [9.17, 15) is 0 Å². The average molecular weight is 219 g/mol. The van der Waals surface area contributed by atoms with Crippen molar-refractivity contribution in [3.05, 3.63) is 42.0 Å². The van der Waals surface area contributed by atoms with E-state index in [1.54, 1.807) is 0 Å². The molecule has 0 saturated heterocycles. The van der Waals surface area contributed by atoms with Gasteiger partial charge in [-0.25, -0.2) is 0 Å². The fourth-order valence-corrected chi connectivity index (χ4v) is 1.56. The lowest BCUT2D eigenvalue weighted by molar-refractivity contribution is 0.333. The van der Waals surface area contributed by atoms with Gasteiger partial charge in [0, 0.05) is 18.2 Å². The molecule has 0 amide bonds. The molecule has 2 heteroatoms. The standard InChI is InChI=1S/C14H21NO/c1-5-16-14-9-7-6-8-13(14)12(4)15-10-11(2)3/h6-9,12,15H,2,5,10H2,1,3-4H3. The molecule has 0 spiro atoms. The van der Waals surface area contributed by atoms with Crippen molar-refractivity contribution < 1.29 is 4.74 Å². The third kappa shape index (κ3) is 3.70. The Morgan fingerprint density at radius 3 is 2.75 bits per heavy atom. The number of hydrogen-bond acceptors (Lipinski definition) is 2. The van der Waals surface area contributed by atoms with Gasteiger partial charge in [0.05, 0.1) is 6.61 Å². The number of nitrogens with one attached hydrogen (secondary N) is 1. The highest BCUT2D eigenvalue weighted by atomic mass is 16.5. The van der Waals surface area contributed by atoms with Crippen LogP contribution in [-0.4, -0.2) is 13.2 Å². The summed E-state index contributed by atoms with van der Waals surface area (Å²) in [6.07, 6.45) is 0. The molecule has 2 nitrogen and oxygen atoms in total. The molecule has 0 radical (unpaired) electrons. The minimum atomic E-state index is 0.277. The van der Waals surface area contributed by atoms with Gasteiger partial charge in [-0.15, -0.1) is 0 Å². The van der Waals surface area contributed by atoms with Crippen molar-refractivity contribution in [2.45, 2.75) is 26.8 Å². The van der Waals surface area contributed by atoms with Crippen LogP contribution in [0.3, 0.4) is 0 Å². The maximum absolute atomic E-state index is 5.60. The molecule has 0 aliphatic carbocycles. The van der Waals surface area contributed by atoms with E-state index in [0.717, 1.165) is 17.9 Å². The predicted molar refractivity (Wildman–Crippen MR) is 68.8 cm³/mol. The van der Waals surface area contributed by atoms with Crippen molar-refractivity contribution in [3.8, 4) is 5.75 Å². The van der Waals surface area contributed by atoms with Gasteiger partial charge in [-0.05, 0) is 26.8 Å². The van der Waals surface area contributed by atoms with Gasteiger partial charge in [0.15, 0.2) is 0 Å². The summed E-state index contributed by atoms with van der Waals surface area (Å²) in [6, 6.07) is 8.43. The smallest absolute Gasteiger partial charge is 0.124 e. The minimum absolute atomic E-state index is 0.277. The van der Waals surface area contributed by atoms with E-state index >= 15 is 0 Å². The molecule has 16 heavy (non-hydrogen) atoms. The summed E-state index contributed by atoms with van der Waals surface area (Å²) in [4.78, 5) is 0. The molecular weight excluding hydrogens is 198 g/mol. The second-order valence-corrected chi connectivity index (χ2v) is 4.03. The van der Waals surface area contributed by atoms with Crippen LogP contribution in [0, 0.1) is 0 Å². The lowest BCUT2D eigenvalue weighted by Gasteiger charge is -2.17. The summed E-state index contributed by atoms with van der Waals surface area (Å²) < 4.78 is 5.60. The van der Waals surface area contributed by atoms with Crippen LogP contribution < -0.4 is 10.1 Å². The zero-order valence-corrected chi connectivity index (χ0v) is 10.4. The normalized spacial score (nSPS) is 12.2. The topological polar surface area (TPSA) is 21.3 Å². The maximum atomic E-state index is 5.60. The zero-order chi connectivity index (χ0) is 12.0. The molecule has 0 saturated carbocycles. The zero-order valence-electron chi connectivity index (χ0n) is 10.4. The van der Waals surface area contributed by atoms with Gasteiger partial charge in [-0.2, -0.15) is 0 Å². The van der Waals surface area contributed by atoms with Crippen LogP contribution in [0.2, 0.25) is 0 Å². The highest BCUT2D eigenvalue weighted by Crippen LogP contribution is 2.24. The van der Waals surface area contributed by atoms with E-state index in [4.69, 9.17) is 4.74 Å². The van der Waals surface area contributed by atoms with Crippen molar-refractivity contribution in [3.63, 3.8) is 0 Å². The van der Waals surface area contributed by atoms with Crippen LogP contribution in [0.1, 0.15) is 32.4 Å². The van der Waals surface area contributed by atoms with Gasteiger partial charge in [0.25, 0.3) is 0 Å². The number of para-hydroxylation sites is 1. The number of ether oxygens (including phenoxy) is 1. The minimum Gasteiger partial charge on any atom is -0.494 e. The molecule has 1 atom stereocenters. The summed E-state index contributed by atoms with van der Waals surface area (Å²) in [7, 11) is 0. The molecule has 0 fully saturated rings. The maximum Gasteiger partial charge on any atom is 0.124 e. The quantitative estimate of drug-likeness (QED) is 0.741. The molecule has 0 aromatic heterocycles. The van der Waals surface area contributed by atoms with E-state index in [0.29, 0.717) is 6.61 Å². The van der Waals surface area contributed by atoms with Crippen LogP contribution in [0.4, 0.5) is 0 Å². The highest BCUT2D eigenvalue weighted by molar-refractivity contribution is 5.35. The van der Waals surface area contributed by atoms with Crippen LogP contribution >= 0.6 is 0 Å². The van der Waals surface area contributed by atoms with Gasteiger partial charge >= 0.3 is 0 Å². The third-order valence-electron chi connectivity index (χ3n) is 2.40. The molecule has 0 aliphatic heterocycles. The van der Waals surface area contributed by atoms with E-state index in [2.05, 4.69) is 24.9 Å². The van der Waals surface area contributed by atoms with Gasteiger partial charge in [0.1, 0.15) is 5.75 Å². The fourth-order valence-electron chi connectivity index (χ4n) is 1.56. The summed E-state index contributed by atoms with van der Waals surface area (Å²) in [5, 5.41) is 3.42. The lowest BCUT2D eigenvalue weighted by Crippen LogP contribution is -2.20. The first-order chi connectivity index (χ1) is 7.65. The highest BCUT2D eigenvalue weighted by Gasteiger charge is 2.09. The van der Waals surface area contributed by atoms with Crippen LogP contribution in [0.25, 0.3) is 0 Å². The van der Waals surface area contributed by atoms with Gasteiger partial charge < -0.3 is 10.1 Å². The summed E-state index contributed by atoms with van der Waals surface area (Å²) in [5.74, 6) is 0.965. The van der Waals surface area contributed by atoms with Crippen molar-refractivity contribution >= 4 is 0 Å². The van der Waals surface area contributed by atoms with Crippen LogP contribution in [0.15, 0.2) is 36.4 Å². The molecule has 1 N–H and O–H groups in total. The Hall–Kier alpha value is -1.28. The monoisotopic (exact) mass is 219 g/mol. The molecule has 1 aromatic carbocycles. The Bertz CT molecular complexity index is 346. The second-order valence-electron chi connectivity index (χ2n) is 4.03. The third-order valence-corrected chi connectivity index (χ3v) is 2.40. The van der Waals surface area contributed by atoms with E-state index in [1.807, 2.05) is 32.0 Å². The molecule has 1 unspecified atom stereocenters. The Morgan fingerprint density at radius 2 is 2.12 bits per heavy atom. The summed E-state index contributed by atoms with van der Waals surface area (Å²) >= 11 is 0. The average Bonchev–Trinajstić information content (AvgIpc) is 2.27. The van der Waals surface area contributed by atoms with Crippen molar-refractivity contribution in [1.29, 1.82) is 0 Å². The van der Waals surface area contributed by atoms with Gasteiger partial charge in [-0.1, -0.05) is 30.4 Å². The van der Waals surface area contributed by atoms with Gasteiger partial charge in [-0.3, -0.25) is 0 Å². The second kappa shape index (κ2) is 6.33. The van der Waals surface area contributed by atoms with E-state index in [-0.39, 0.29) is 6.04 Å². The van der Waals surface area contributed by atoms with Crippen molar-refractivity contribution in [1.82, 2.24) is 5.32 Å². The van der Waals surface area contributed by atoms with Crippen molar-refractivity contribution in [2.24, 2.45) is 0 Å². The summed E-state index contributed by atoms with van der Waals surface area (Å²) in [5.41, 5.74) is 2.34. The Kier molecular flexibility index (Phi) is 5.06. The van der Waals surface area contributed by atoms with Gasteiger partial charge in [0.2, 0.25) is 0 Å². The van der Waals surface area contributed by atoms with Crippen LogP contribution in [0.5, 0.6) is 5.75 Å². The molecular formula is C14H21NO. The SMILES string of the molecule is C=C(C)CNC(C)c1ccccc1OCC. The lowest BCUT2D eigenvalue weighted by atomic mass is 10.1. The Balaban J connectivity index is 2.73. The number of rotatable bonds is 6. The first-order valence-corrected chi connectivity index (χ1v) is 5.74. The fraction of sp³-hybridized carbons (Fsp3) is 0.429. The number of hydrogen-bond donors (Lipinski definition) is 1. The molecule has 0 bridgehead atoms. The Morgan fingerprint density at radius 1 is 1.44 bits per heavy atom. The largest absolute Gasteiger partial charge is 0.494 e. The predicted octanol–water partition coefficient (Wildman–Crippen LogP) is 3.31. The first kappa shape index (κ1) is 12.8. The van der Waals surface area contributed by atoms with E-state index in [1.165, 1.54) is 5.56 Å². The van der Waals surface area contributed by atoms with Crippen LogP contribution in [-0.2, 0) is 0 Å². The van der Waals surface area contributed by atoms with Crippen molar-refractivity contribution in [2.75, 3.05) is 13.2 Å². The molecule has 0 heterocycles. The molecule has 1 aromatic rings. The Labute approximate surface area is 98.3 Å². The summed E-state index contributed by atoms with van der Waals surface area (Å²) in [6.45, 7) is 11.6. The molecule has 0 aliphatic rings. The number of benzene rings is 1. The first-order valence-electron chi connectivity index (χ1n) is 5.74. The molecule has 1 rings (SSSR count).